The van der Waals surface area contributed by atoms with Crippen LogP contribution in [0.5, 0.6) is 0 Å². The van der Waals surface area contributed by atoms with Crippen LogP contribution in [-0.4, -0.2) is 64.9 Å². The van der Waals surface area contributed by atoms with Crippen LogP contribution in [0.1, 0.15) is 56.8 Å². The molecule has 1 saturated heterocycles. The van der Waals surface area contributed by atoms with E-state index in [1.54, 1.807) is 35.2 Å². The number of Topliss-reactive ketones (excluding diaryl/α,β-unsaturated/α-hetero) is 1. The lowest BCUT2D eigenvalue weighted by Gasteiger charge is -2.34. The van der Waals surface area contributed by atoms with Gasteiger partial charge in [-0.3, -0.25) is 14.6 Å². The molecule has 1 aromatic heterocycles. The summed E-state index contributed by atoms with van der Waals surface area (Å²) in [5, 5.41) is 0. The Labute approximate surface area is 167 Å². The van der Waals surface area contributed by atoms with Crippen molar-refractivity contribution in [2.75, 3.05) is 26.7 Å². The van der Waals surface area contributed by atoms with E-state index in [4.69, 9.17) is 4.74 Å². The Balaban J connectivity index is 1.71. The number of hydrogen-bond acceptors (Lipinski definition) is 5. The Bertz CT molecular complexity index is 677. The number of amides is 2. The van der Waals surface area contributed by atoms with E-state index in [0.717, 1.165) is 12.8 Å². The average molecular weight is 389 g/mol. The third-order valence-corrected chi connectivity index (χ3v) is 4.77. The van der Waals surface area contributed by atoms with E-state index in [2.05, 4.69) is 4.98 Å². The molecule has 2 heterocycles. The van der Waals surface area contributed by atoms with Crippen LogP contribution in [-0.2, 0) is 9.53 Å². The molecule has 1 aliphatic heterocycles. The number of pyridine rings is 1. The number of rotatable bonds is 6. The van der Waals surface area contributed by atoms with E-state index in [1.807, 2.05) is 20.8 Å². The molecule has 7 heteroatoms. The first-order valence-corrected chi connectivity index (χ1v) is 9.81. The van der Waals surface area contributed by atoms with Crippen LogP contribution in [0.3, 0.4) is 0 Å². The first-order valence-electron chi connectivity index (χ1n) is 9.81. The lowest BCUT2D eigenvalue weighted by Crippen LogP contribution is -2.44. The smallest absolute Gasteiger partial charge is 0.410 e. The molecule has 0 radical (unpaired) electrons. The van der Waals surface area contributed by atoms with Crippen molar-refractivity contribution in [3.8, 4) is 0 Å². The highest BCUT2D eigenvalue weighted by molar-refractivity contribution is 5.97. The normalized spacial score (nSPS) is 15.2. The first-order chi connectivity index (χ1) is 13.2. The molecule has 1 fully saturated rings. The molecule has 2 amide bonds. The van der Waals surface area contributed by atoms with Gasteiger partial charge in [-0.1, -0.05) is 0 Å². The molecule has 0 aliphatic carbocycles. The number of carbonyl (C=O) groups excluding carboxylic acids is 3. The molecule has 0 aromatic carbocycles. The standard InChI is InChI=1S/C21H31N3O4/c1-21(2,3)28-20(27)24-12-9-16(10-13-24)15-23(4)19(26)8-7-18(25)17-6-5-11-22-14-17/h5-6,11,14,16H,7-10,12-13,15H2,1-4H3. The van der Waals surface area contributed by atoms with Crippen LogP contribution in [0.2, 0.25) is 0 Å². The lowest BCUT2D eigenvalue weighted by atomic mass is 9.96. The number of nitrogens with zero attached hydrogens (tertiary/aromatic N) is 3. The van der Waals surface area contributed by atoms with Crippen molar-refractivity contribution >= 4 is 17.8 Å². The third kappa shape index (κ3) is 6.94. The maximum absolute atomic E-state index is 12.4. The molecular weight excluding hydrogens is 358 g/mol. The van der Waals surface area contributed by atoms with Crippen LogP contribution in [0.25, 0.3) is 0 Å². The summed E-state index contributed by atoms with van der Waals surface area (Å²) >= 11 is 0. The molecule has 28 heavy (non-hydrogen) atoms. The highest BCUT2D eigenvalue weighted by atomic mass is 16.6. The summed E-state index contributed by atoms with van der Waals surface area (Å²) in [6.07, 6.45) is 4.92. The van der Waals surface area contributed by atoms with Gasteiger partial charge in [0.05, 0.1) is 0 Å². The van der Waals surface area contributed by atoms with E-state index in [1.165, 1.54) is 6.20 Å². The summed E-state index contributed by atoms with van der Waals surface area (Å²) in [6, 6.07) is 3.42. The maximum Gasteiger partial charge on any atom is 0.410 e. The quantitative estimate of drug-likeness (QED) is 0.698. The van der Waals surface area contributed by atoms with Gasteiger partial charge in [-0.25, -0.2) is 4.79 Å². The van der Waals surface area contributed by atoms with Crippen molar-refractivity contribution in [1.82, 2.24) is 14.8 Å². The van der Waals surface area contributed by atoms with Crippen LogP contribution < -0.4 is 0 Å². The monoisotopic (exact) mass is 389 g/mol. The van der Waals surface area contributed by atoms with Crippen molar-refractivity contribution in [1.29, 1.82) is 0 Å². The predicted molar refractivity (Wildman–Crippen MR) is 106 cm³/mol. The second kappa shape index (κ2) is 9.66. The van der Waals surface area contributed by atoms with E-state index >= 15 is 0 Å². The number of carbonyl (C=O) groups is 3. The number of piperidine rings is 1. The van der Waals surface area contributed by atoms with Crippen LogP contribution >= 0.6 is 0 Å². The Morgan fingerprint density at radius 2 is 1.89 bits per heavy atom. The summed E-state index contributed by atoms with van der Waals surface area (Å²) in [4.78, 5) is 43.9. The largest absolute Gasteiger partial charge is 0.444 e. The van der Waals surface area contributed by atoms with Crippen molar-refractivity contribution in [3.63, 3.8) is 0 Å². The summed E-state index contributed by atoms with van der Waals surface area (Å²) in [5.74, 6) is 0.244. The molecule has 0 N–H and O–H groups in total. The SMILES string of the molecule is CN(CC1CCN(C(=O)OC(C)(C)C)CC1)C(=O)CCC(=O)c1cccnc1. The number of hydrogen-bond donors (Lipinski definition) is 0. The fourth-order valence-corrected chi connectivity index (χ4v) is 3.20. The Kier molecular flexibility index (Phi) is 7.54. The van der Waals surface area contributed by atoms with E-state index in [9.17, 15) is 14.4 Å². The van der Waals surface area contributed by atoms with Crippen molar-refractivity contribution in [2.24, 2.45) is 5.92 Å². The summed E-state index contributed by atoms with van der Waals surface area (Å²) < 4.78 is 5.41. The minimum absolute atomic E-state index is 0.0354. The molecule has 0 unspecified atom stereocenters. The summed E-state index contributed by atoms with van der Waals surface area (Å²) in [7, 11) is 1.77. The molecule has 7 nitrogen and oxygen atoms in total. The number of ketones is 1. The third-order valence-electron chi connectivity index (χ3n) is 4.77. The Morgan fingerprint density at radius 1 is 1.21 bits per heavy atom. The lowest BCUT2D eigenvalue weighted by molar-refractivity contribution is -0.130. The Hall–Kier alpha value is -2.44. The molecule has 0 spiro atoms. The first kappa shape index (κ1) is 21.9. The highest BCUT2D eigenvalue weighted by Gasteiger charge is 2.28. The van der Waals surface area contributed by atoms with E-state index in [0.29, 0.717) is 31.1 Å². The fourth-order valence-electron chi connectivity index (χ4n) is 3.20. The molecule has 1 aromatic rings. The van der Waals surface area contributed by atoms with Crippen molar-refractivity contribution in [2.45, 2.75) is 52.1 Å². The highest BCUT2D eigenvalue weighted by Crippen LogP contribution is 2.20. The van der Waals surface area contributed by atoms with E-state index in [-0.39, 0.29) is 30.6 Å². The van der Waals surface area contributed by atoms with Crippen molar-refractivity contribution < 1.29 is 19.1 Å². The van der Waals surface area contributed by atoms with Crippen molar-refractivity contribution in [3.05, 3.63) is 30.1 Å². The van der Waals surface area contributed by atoms with Gasteiger partial charge in [-0.05, 0) is 51.7 Å². The van der Waals surface area contributed by atoms with Gasteiger partial charge in [-0.2, -0.15) is 0 Å². The van der Waals surface area contributed by atoms with Gasteiger partial charge in [0.2, 0.25) is 5.91 Å². The van der Waals surface area contributed by atoms with Gasteiger partial charge >= 0.3 is 6.09 Å². The van der Waals surface area contributed by atoms with Crippen LogP contribution in [0.15, 0.2) is 24.5 Å². The molecule has 1 aliphatic rings. The van der Waals surface area contributed by atoms with E-state index < -0.39 is 5.60 Å². The number of likely N-dealkylation sites (tertiary alicyclic amines) is 1. The molecule has 154 valence electrons. The van der Waals surface area contributed by atoms with Gasteiger partial charge in [0.1, 0.15) is 5.60 Å². The minimum Gasteiger partial charge on any atom is -0.444 e. The zero-order valence-electron chi connectivity index (χ0n) is 17.3. The van der Waals surface area contributed by atoms with Gasteiger partial charge in [-0.15, -0.1) is 0 Å². The van der Waals surface area contributed by atoms with Gasteiger partial charge in [0.15, 0.2) is 5.78 Å². The second-order valence-corrected chi connectivity index (χ2v) is 8.35. The topological polar surface area (TPSA) is 79.8 Å². The van der Waals surface area contributed by atoms with Crippen LogP contribution in [0.4, 0.5) is 4.79 Å². The molecule has 2 rings (SSSR count). The van der Waals surface area contributed by atoms with Gasteiger partial charge in [0, 0.05) is 57.5 Å². The van der Waals surface area contributed by atoms with Gasteiger partial charge in [0.25, 0.3) is 0 Å². The average Bonchev–Trinajstić information content (AvgIpc) is 2.65. The second-order valence-electron chi connectivity index (χ2n) is 8.35. The molecular formula is C21H31N3O4. The fraction of sp³-hybridized carbons (Fsp3) is 0.619. The molecule has 0 saturated carbocycles. The summed E-state index contributed by atoms with van der Waals surface area (Å²) in [5.41, 5.74) is 0.0424. The zero-order valence-corrected chi connectivity index (χ0v) is 17.3. The van der Waals surface area contributed by atoms with Gasteiger partial charge < -0.3 is 14.5 Å². The molecule has 0 bridgehead atoms. The zero-order chi connectivity index (χ0) is 20.7. The number of aromatic nitrogens is 1. The molecule has 0 atom stereocenters. The minimum atomic E-state index is -0.492. The Morgan fingerprint density at radius 3 is 2.46 bits per heavy atom. The number of ether oxygens (including phenoxy) is 1. The summed E-state index contributed by atoms with van der Waals surface area (Å²) in [6.45, 7) is 7.50. The maximum atomic E-state index is 12.4. The van der Waals surface area contributed by atoms with Crippen LogP contribution in [0, 0.1) is 5.92 Å². The predicted octanol–water partition coefficient (Wildman–Crippen LogP) is 3.15.